The Morgan fingerprint density at radius 1 is 0.879 bits per heavy atom. The Hall–Kier alpha value is -4.33. The van der Waals surface area contributed by atoms with Crippen LogP contribution in [-0.2, 0) is 6.54 Å². The lowest BCUT2D eigenvalue weighted by atomic mass is 10.1. The van der Waals surface area contributed by atoms with Crippen molar-refractivity contribution in [2.75, 3.05) is 21.3 Å². The van der Waals surface area contributed by atoms with Crippen LogP contribution in [0.2, 0.25) is 0 Å². The Balaban J connectivity index is 1.61. The van der Waals surface area contributed by atoms with Crippen molar-refractivity contribution < 1.29 is 19.0 Å². The van der Waals surface area contributed by atoms with Gasteiger partial charge in [-0.05, 0) is 29.8 Å². The van der Waals surface area contributed by atoms with Crippen LogP contribution in [0.15, 0.2) is 72.8 Å². The van der Waals surface area contributed by atoms with Crippen LogP contribution >= 0.6 is 0 Å². The van der Waals surface area contributed by atoms with Gasteiger partial charge in [0.15, 0.2) is 17.3 Å². The van der Waals surface area contributed by atoms with Crippen molar-refractivity contribution in [3.8, 4) is 34.3 Å². The largest absolute Gasteiger partial charge is 0.493 e. The molecule has 1 heterocycles. The number of aromatic nitrogens is 3. The molecule has 0 radical (unpaired) electrons. The number of benzene rings is 3. The van der Waals surface area contributed by atoms with Gasteiger partial charge in [-0.25, -0.2) is 9.67 Å². The lowest BCUT2D eigenvalue weighted by Crippen LogP contribution is -2.24. The molecule has 33 heavy (non-hydrogen) atoms. The highest BCUT2D eigenvalue weighted by Crippen LogP contribution is 2.38. The lowest BCUT2D eigenvalue weighted by Gasteiger charge is -2.14. The predicted molar refractivity (Wildman–Crippen MR) is 124 cm³/mol. The fourth-order valence-corrected chi connectivity index (χ4v) is 3.43. The number of para-hydroxylation sites is 1. The van der Waals surface area contributed by atoms with Crippen LogP contribution in [0.5, 0.6) is 17.2 Å². The molecule has 0 bridgehead atoms. The predicted octanol–water partition coefficient (Wildman–Crippen LogP) is 3.89. The van der Waals surface area contributed by atoms with Gasteiger partial charge in [0.2, 0.25) is 11.6 Å². The third kappa shape index (κ3) is 4.64. The first-order valence-corrected chi connectivity index (χ1v) is 10.3. The summed E-state index contributed by atoms with van der Waals surface area (Å²) in [7, 11) is 4.64. The Bertz CT molecular complexity index is 1160. The third-order valence-corrected chi connectivity index (χ3v) is 5.02. The summed E-state index contributed by atoms with van der Waals surface area (Å²) in [5.74, 6) is 1.78. The molecule has 0 saturated carbocycles. The molecule has 3 aromatic carbocycles. The summed E-state index contributed by atoms with van der Waals surface area (Å²) in [4.78, 5) is 17.5. The van der Waals surface area contributed by atoms with E-state index < -0.39 is 5.91 Å². The zero-order valence-electron chi connectivity index (χ0n) is 18.6. The van der Waals surface area contributed by atoms with Gasteiger partial charge in [-0.3, -0.25) is 4.79 Å². The minimum absolute atomic E-state index is 0.0742. The van der Waals surface area contributed by atoms with Crippen LogP contribution in [0.4, 0.5) is 0 Å². The average Bonchev–Trinajstić information content (AvgIpc) is 3.33. The maximum Gasteiger partial charge on any atom is 0.291 e. The first-order chi connectivity index (χ1) is 16.1. The van der Waals surface area contributed by atoms with Gasteiger partial charge < -0.3 is 19.5 Å². The Morgan fingerprint density at radius 2 is 1.48 bits per heavy atom. The Kier molecular flexibility index (Phi) is 6.54. The van der Waals surface area contributed by atoms with E-state index in [2.05, 4.69) is 15.4 Å². The molecule has 168 valence electrons. The summed E-state index contributed by atoms with van der Waals surface area (Å²) >= 11 is 0. The summed E-state index contributed by atoms with van der Waals surface area (Å²) in [6.45, 7) is 0.232. The summed E-state index contributed by atoms with van der Waals surface area (Å²) < 4.78 is 17.8. The van der Waals surface area contributed by atoms with Crippen molar-refractivity contribution >= 4 is 5.91 Å². The highest BCUT2D eigenvalue weighted by atomic mass is 16.5. The van der Waals surface area contributed by atoms with Crippen LogP contribution in [0.3, 0.4) is 0 Å². The number of carbonyl (C=O) groups is 1. The second-order valence-corrected chi connectivity index (χ2v) is 7.09. The van der Waals surface area contributed by atoms with Gasteiger partial charge in [0, 0.05) is 12.1 Å². The van der Waals surface area contributed by atoms with E-state index >= 15 is 0 Å². The van der Waals surface area contributed by atoms with Crippen molar-refractivity contribution in [2.24, 2.45) is 0 Å². The quantitative estimate of drug-likeness (QED) is 0.444. The number of nitrogens with one attached hydrogen (secondary N) is 1. The van der Waals surface area contributed by atoms with Crippen molar-refractivity contribution in [1.29, 1.82) is 0 Å². The monoisotopic (exact) mass is 444 g/mol. The molecule has 8 heteroatoms. The summed E-state index contributed by atoms with van der Waals surface area (Å²) in [5.41, 5.74) is 2.45. The summed E-state index contributed by atoms with van der Waals surface area (Å²) in [6.07, 6.45) is 0. The number of rotatable bonds is 8. The van der Waals surface area contributed by atoms with E-state index in [-0.39, 0.29) is 12.4 Å². The van der Waals surface area contributed by atoms with E-state index in [1.165, 1.54) is 0 Å². The first-order valence-electron chi connectivity index (χ1n) is 10.3. The molecule has 0 atom stereocenters. The van der Waals surface area contributed by atoms with Crippen LogP contribution in [0, 0.1) is 0 Å². The maximum atomic E-state index is 12.9. The van der Waals surface area contributed by atoms with E-state index in [4.69, 9.17) is 14.2 Å². The van der Waals surface area contributed by atoms with Gasteiger partial charge >= 0.3 is 0 Å². The fourth-order valence-electron chi connectivity index (χ4n) is 3.43. The third-order valence-electron chi connectivity index (χ3n) is 5.02. The molecular weight excluding hydrogens is 420 g/mol. The number of amides is 1. The summed E-state index contributed by atoms with van der Waals surface area (Å²) in [6, 6.07) is 22.8. The van der Waals surface area contributed by atoms with Gasteiger partial charge in [-0.2, -0.15) is 0 Å². The molecule has 1 amide bonds. The number of ether oxygens (including phenoxy) is 3. The molecule has 0 aliphatic rings. The normalized spacial score (nSPS) is 10.5. The van der Waals surface area contributed by atoms with Crippen LogP contribution < -0.4 is 19.5 Å². The first kappa shape index (κ1) is 21.9. The smallest absolute Gasteiger partial charge is 0.291 e. The zero-order valence-corrected chi connectivity index (χ0v) is 18.6. The molecule has 0 aliphatic heterocycles. The highest BCUT2D eigenvalue weighted by Gasteiger charge is 2.19. The minimum Gasteiger partial charge on any atom is -0.493 e. The van der Waals surface area contributed by atoms with E-state index in [0.29, 0.717) is 23.1 Å². The lowest BCUT2D eigenvalue weighted by molar-refractivity contribution is 0.0940. The second kappa shape index (κ2) is 9.86. The van der Waals surface area contributed by atoms with Gasteiger partial charge in [0.1, 0.15) is 0 Å². The Morgan fingerprint density at radius 3 is 2.06 bits per heavy atom. The van der Waals surface area contributed by atoms with E-state index in [9.17, 15) is 4.79 Å². The number of nitrogens with zero attached hydrogens (tertiary/aromatic N) is 3. The van der Waals surface area contributed by atoms with Crippen LogP contribution in [-0.4, -0.2) is 42.0 Å². The highest BCUT2D eigenvalue weighted by molar-refractivity contribution is 5.91. The van der Waals surface area contributed by atoms with Gasteiger partial charge in [-0.15, -0.1) is 5.10 Å². The minimum atomic E-state index is -0.393. The molecule has 1 aromatic heterocycles. The van der Waals surface area contributed by atoms with Crippen LogP contribution in [0.25, 0.3) is 17.1 Å². The molecule has 0 aliphatic carbocycles. The fraction of sp³-hybridized carbons (Fsp3) is 0.160. The summed E-state index contributed by atoms with van der Waals surface area (Å²) in [5, 5.41) is 7.36. The number of hydrogen-bond donors (Lipinski definition) is 1. The number of hydrogen-bond acceptors (Lipinski definition) is 6. The van der Waals surface area contributed by atoms with Crippen molar-refractivity contribution in [1.82, 2.24) is 20.1 Å². The standard InChI is InChI=1S/C25H24N4O4/c1-31-20-14-17(15-21(32-2)22(20)33-3)16-26-25(30)23-27-24(18-10-6-4-7-11-18)29(28-23)19-12-8-5-9-13-19/h4-15H,16H2,1-3H3,(H,26,30). The topological polar surface area (TPSA) is 87.5 Å². The molecular formula is C25H24N4O4. The van der Waals surface area contributed by atoms with Crippen LogP contribution in [0.1, 0.15) is 16.2 Å². The second-order valence-electron chi connectivity index (χ2n) is 7.09. The molecule has 4 rings (SSSR count). The molecule has 1 N–H and O–H groups in total. The Labute approximate surface area is 191 Å². The van der Waals surface area contributed by atoms with Crippen molar-refractivity contribution in [2.45, 2.75) is 6.54 Å². The molecule has 0 saturated heterocycles. The van der Waals surface area contributed by atoms with Gasteiger partial charge in [0.05, 0.1) is 27.0 Å². The number of methoxy groups -OCH3 is 3. The van der Waals surface area contributed by atoms with Crippen molar-refractivity contribution in [3.05, 3.63) is 84.2 Å². The maximum absolute atomic E-state index is 12.9. The van der Waals surface area contributed by atoms with Gasteiger partial charge in [0.25, 0.3) is 5.91 Å². The zero-order chi connectivity index (χ0) is 23.2. The molecule has 0 unspecified atom stereocenters. The van der Waals surface area contributed by atoms with E-state index in [1.54, 1.807) is 38.1 Å². The number of carbonyl (C=O) groups excluding carboxylic acids is 1. The molecule has 0 fully saturated rings. The van der Waals surface area contributed by atoms with Gasteiger partial charge in [-0.1, -0.05) is 48.5 Å². The van der Waals surface area contributed by atoms with E-state index in [1.807, 2.05) is 60.7 Å². The average molecular weight is 444 g/mol. The molecule has 8 nitrogen and oxygen atoms in total. The molecule has 0 spiro atoms. The van der Waals surface area contributed by atoms with Crippen molar-refractivity contribution in [3.63, 3.8) is 0 Å². The SMILES string of the molecule is COc1cc(CNC(=O)c2nc(-c3ccccc3)n(-c3ccccc3)n2)cc(OC)c1OC. The van der Waals surface area contributed by atoms with E-state index in [0.717, 1.165) is 16.8 Å². The molecule has 4 aromatic rings.